The van der Waals surface area contributed by atoms with Gasteiger partial charge in [-0.05, 0) is 12.2 Å². The third-order valence-electron chi connectivity index (χ3n) is 1.24. The fraction of sp³-hybridized carbons (Fsp3) is 0.286. The van der Waals surface area contributed by atoms with E-state index in [0.717, 1.165) is 0 Å². The van der Waals surface area contributed by atoms with E-state index < -0.39 is 9.76 Å². The lowest BCUT2D eigenvalue weighted by molar-refractivity contribution is 0.199. The maximum absolute atomic E-state index is 10.3. The smallest absolute Gasteiger partial charge is 0.408 e. The van der Waals surface area contributed by atoms with E-state index in [9.17, 15) is 4.79 Å². The van der Waals surface area contributed by atoms with Crippen LogP contribution in [0.2, 0.25) is 0 Å². The average molecular weight is 227 g/mol. The van der Waals surface area contributed by atoms with E-state index in [1.165, 1.54) is 0 Å². The zero-order chi connectivity index (χ0) is 9.19. The van der Waals surface area contributed by atoms with E-state index in [-0.39, 0.29) is 6.42 Å². The topological polar surface area (TPSA) is 26.3 Å². The Morgan fingerprint density at radius 1 is 1.58 bits per heavy atom. The second-order valence-corrected chi connectivity index (χ2v) is 4.12. The summed E-state index contributed by atoms with van der Waals surface area (Å²) in [4.78, 5) is 10.3. The van der Waals surface area contributed by atoms with Crippen LogP contribution in [0.4, 0.5) is 4.79 Å². The van der Waals surface area contributed by atoms with Crippen molar-refractivity contribution in [2.24, 2.45) is 0 Å². The first-order valence-electron chi connectivity index (χ1n) is 3.13. The number of carbonyl (C=O) groups is 1. The Balaban J connectivity index is 2.64. The van der Waals surface area contributed by atoms with Crippen molar-refractivity contribution in [3.05, 3.63) is 24.0 Å². The molecule has 0 unspecified atom stereocenters. The van der Waals surface area contributed by atoms with Crippen molar-refractivity contribution in [1.29, 1.82) is 0 Å². The second kappa shape index (κ2) is 3.69. The number of hydrogen-bond acceptors (Lipinski definition) is 2. The lowest BCUT2D eigenvalue weighted by Gasteiger charge is -2.18. The molecule has 0 bridgehead atoms. The first-order chi connectivity index (χ1) is 5.49. The molecular formula is C7H5Cl3O2. The standard InChI is InChI=1S/C7H5Cl3O2/c8-6(11)12-5-2-1-3-7(9,10)4-5/h1-3H,4H2. The van der Waals surface area contributed by atoms with Gasteiger partial charge in [-0.3, -0.25) is 0 Å². The van der Waals surface area contributed by atoms with Gasteiger partial charge in [0.05, 0.1) is 0 Å². The molecule has 66 valence electrons. The molecule has 1 aliphatic rings. The molecule has 0 amide bonds. The van der Waals surface area contributed by atoms with Crippen LogP contribution in [0.1, 0.15) is 6.42 Å². The van der Waals surface area contributed by atoms with Crippen molar-refractivity contribution < 1.29 is 9.53 Å². The van der Waals surface area contributed by atoms with Crippen LogP contribution in [-0.2, 0) is 4.74 Å². The monoisotopic (exact) mass is 226 g/mol. The van der Waals surface area contributed by atoms with Crippen LogP contribution < -0.4 is 0 Å². The molecule has 0 aromatic rings. The number of ether oxygens (including phenoxy) is 1. The van der Waals surface area contributed by atoms with Gasteiger partial charge in [-0.2, -0.15) is 0 Å². The Morgan fingerprint density at radius 2 is 2.25 bits per heavy atom. The second-order valence-electron chi connectivity index (χ2n) is 2.27. The van der Waals surface area contributed by atoms with E-state index in [0.29, 0.717) is 5.76 Å². The van der Waals surface area contributed by atoms with Crippen molar-refractivity contribution in [3.8, 4) is 0 Å². The minimum Gasteiger partial charge on any atom is -0.419 e. The van der Waals surface area contributed by atoms with Gasteiger partial charge in [0.25, 0.3) is 0 Å². The normalized spacial score (nSPS) is 20.1. The summed E-state index contributed by atoms with van der Waals surface area (Å²) < 4.78 is 3.59. The SMILES string of the molecule is O=C(Cl)OC1=CC=CC(Cl)(Cl)C1. The molecule has 0 heterocycles. The third-order valence-corrected chi connectivity index (χ3v) is 1.84. The summed E-state index contributed by atoms with van der Waals surface area (Å²) in [6, 6.07) is 0. The van der Waals surface area contributed by atoms with Gasteiger partial charge in [0.15, 0.2) is 0 Å². The summed E-state index contributed by atoms with van der Waals surface area (Å²) >= 11 is 16.5. The summed E-state index contributed by atoms with van der Waals surface area (Å²) in [6.07, 6.45) is 5.04. The van der Waals surface area contributed by atoms with E-state index in [4.69, 9.17) is 34.8 Å². The largest absolute Gasteiger partial charge is 0.419 e. The number of halogens is 3. The van der Waals surface area contributed by atoms with Gasteiger partial charge in [-0.25, -0.2) is 4.79 Å². The molecule has 0 aliphatic heterocycles. The van der Waals surface area contributed by atoms with Crippen LogP contribution >= 0.6 is 34.8 Å². The molecule has 1 aliphatic carbocycles. The van der Waals surface area contributed by atoms with Gasteiger partial charge in [0, 0.05) is 18.0 Å². The molecule has 0 saturated heterocycles. The number of allylic oxidation sites excluding steroid dienone is 4. The summed E-state index contributed by atoms with van der Waals surface area (Å²) in [6.45, 7) is 0. The summed E-state index contributed by atoms with van der Waals surface area (Å²) in [5.41, 5.74) is -0.888. The molecule has 12 heavy (non-hydrogen) atoms. The fourth-order valence-electron chi connectivity index (χ4n) is 0.820. The molecule has 0 spiro atoms. The van der Waals surface area contributed by atoms with Crippen molar-refractivity contribution in [2.45, 2.75) is 10.8 Å². The van der Waals surface area contributed by atoms with E-state index in [2.05, 4.69) is 4.74 Å². The van der Waals surface area contributed by atoms with E-state index >= 15 is 0 Å². The molecule has 2 nitrogen and oxygen atoms in total. The predicted octanol–water partition coefficient (Wildman–Crippen LogP) is 3.38. The molecule has 1 rings (SSSR count). The Bertz CT molecular complexity index is 255. The maximum atomic E-state index is 10.3. The van der Waals surface area contributed by atoms with Crippen LogP contribution in [0.15, 0.2) is 24.0 Å². The summed E-state index contributed by atoms with van der Waals surface area (Å²) in [5.74, 6) is 0.363. The van der Waals surface area contributed by atoms with Crippen LogP contribution in [0.25, 0.3) is 0 Å². The lowest BCUT2D eigenvalue weighted by Crippen LogP contribution is -2.14. The molecule has 0 radical (unpaired) electrons. The molecule has 0 N–H and O–H groups in total. The summed E-state index contributed by atoms with van der Waals surface area (Å²) in [5, 5.41) is 0. The van der Waals surface area contributed by atoms with Crippen molar-refractivity contribution in [1.82, 2.24) is 0 Å². The first kappa shape index (κ1) is 9.90. The molecule has 0 fully saturated rings. The number of rotatable bonds is 1. The third kappa shape index (κ3) is 3.05. The van der Waals surface area contributed by atoms with Crippen molar-refractivity contribution in [3.63, 3.8) is 0 Å². The average Bonchev–Trinajstić information content (AvgIpc) is 1.82. The lowest BCUT2D eigenvalue weighted by atomic mass is 10.1. The molecular weight excluding hydrogens is 222 g/mol. The van der Waals surface area contributed by atoms with Crippen LogP contribution in [-0.4, -0.2) is 9.76 Å². The first-order valence-corrected chi connectivity index (χ1v) is 4.26. The molecule has 0 aromatic heterocycles. The Morgan fingerprint density at radius 3 is 2.75 bits per heavy atom. The highest BCUT2D eigenvalue weighted by molar-refractivity contribution is 6.61. The zero-order valence-corrected chi connectivity index (χ0v) is 8.16. The Labute approximate surface area is 84.7 Å². The van der Waals surface area contributed by atoms with Gasteiger partial charge in [-0.15, -0.1) is 0 Å². The highest BCUT2D eigenvalue weighted by Gasteiger charge is 2.25. The number of hydrogen-bond donors (Lipinski definition) is 0. The Kier molecular flexibility index (Phi) is 3.04. The van der Waals surface area contributed by atoms with Gasteiger partial charge < -0.3 is 4.74 Å². The van der Waals surface area contributed by atoms with Crippen molar-refractivity contribution in [2.75, 3.05) is 0 Å². The number of alkyl halides is 2. The van der Waals surface area contributed by atoms with Crippen LogP contribution in [0, 0.1) is 0 Å². The maximum Gasteiger partial charge on any atom is 0.408 e. The highest BCUT2D eigenvalue weighted by Crippen LogP contribution is 2.33. The van der Waals surface area contributed by atoms with Crippen LogP contribution in [0.5, 0.6) is 0 Å². The molecule has 0 aromatic carbocycles. The predicted molar refractivity (Wildman–Crippen MR) is 48.6 cm³/mol. The molecule has 5 heteroatoms. The highest BCUT2D eigenvalue weighted by atomic mass is 35.5. The van der Waals surface area contributed by atoms with Gasteiger partial charge in [0.1, 0.15) is 10.1 Å². The molecule has 0 atom stereocenters. The van der Waals surface area contributed by atoms with Gasteiger partial charge in [-0.1, -0.05) is 29.3 Å². The molecule has 0 saturated carbocycles. The minimum absolute atomic E-state index is 0.241. The summed E-state index contributed by atoms with van der Waals surface area (Å²) in [7, 11) is 0. The zero-order valence-electron chi connectivity index (χ0n) is 5.89. The van der Waals surface area contributed by atoms with Gasteiger partial charge in [0.2, 0.25) is 0 Å². The van der Waals surface area contributed by atoms with Crippen molar-refractivity contribution >= 4 is 40.2 Å². The van der Waals surface area contributed by atoms with E-state index in [1.807, 2.05) is 0 Å². The Hall–Kier alpha value is -0.180. The number of carbonyl (C=O) groups excluding carboxylic acids is 1. The quantitative estimate of drug-likeness (QED) is 0.507. The van der Waals surface area contributed by atoms with E-state index in [1.54, 1.807) is 18.2 Å². The van der Waals surface area contributed by atoms with Crippen LogP contribution in [0.3, 0.4) is 0 Å². The van der Waals surface area contributed by atoms with Gasteiger partial charge >= 0.3 is 5.43 Å². The minimum atomic E-state index is -1.00. The fourth-order valence-corrected chi connectivity index (χ4v) is 1.33.